The zero-order valence-electron chi connectivity index (χ0n) is 61.7. The van der Waals surface area contributed by atoms with Gasteiger partial charge in [0.2, 0.25) is 0 Å². The van der Waals surface area contributed by atoms with E-state index in [1.807, 2.05) is 56.7 Å². The number of amides is 4. The van der Waals surface area contributed by atoms with Gasteiger partial charge in [0.25, 0.3) is 23.6 Å². The highest BCUT2D eigenvalue weighted by molar-refractivity contribution is 7.28. The Morgan fingerprint density at radius 1 is 0.374 bits per heavy atom. The summed E-state index contributed by atoms with van der Waals surface area (Å²) in [6.07, 6.45) is 21.5. The maximum Gasteiger partial charge on any atom is 0.262 e. The van der Waals surface area contributed by atoms with E-state index in [1.165, 1.54) is 131 Å². The van der Waals surface area contributed by atoms with Crippen molar-refractivity contribution in [3.8, 4) is 40.4 Å². The van der Waals surface area contributed by atoms with Gasteiger partial charge >= 0.3 is 0 Å². The van der Waals surface area contributed by atoms with Gasteiger partial charge in [-0.05, 0) is 133 Å². The highest BCUT2D eigenvalue weighted by Gasteiger charge is 2.51. The third kappa shape index (κ3) is 13.2. The minimum atomic E-state index is -0.700. The van der Waals surface area contributed by atoms with E-state index >= 15 is 4.79 Å². The lowest BCUT2D eigenvalue weighted by Crippen LogP contribution is -2.40. The second-order valence-electron chi connectivity index (χ2n) is 31.9. The summed E-state index contributed by atoms with van der Waals surface area (Å²) in [5.74, 6) is 0.373. The normalized spacial score (nSPS) is 15.2. The largest absolute Gasteiger partial charge is 0.277 e. The molecule has 522 valence electrons. The van der Waals surface area contributed by atoms with E-state index in [-0.39, 0.29) is 39.9 Å². The number of nitrogens with zero attached hydrogens (tertiary/aromatic N) is 2. The number of hydrogen-bond acceptors (Lipinski definition) is 13. The van der Waals surface area contributed by atoms with Gasteiger partial charge in [-0.3, -0.25) is 29.0 Å². The van der Waals surface area contributed by atoms with Crippen LogP contribution in [0, 0.1) is 22.7 Å². The zero-order valence-corrected chi connectivity index (χ0v) is 69.0. The summed E-state index contributed by atoms with van der Waals surface area (Å²) < 4.78 is 2.43. The average molecular weight is 1490 g/mol. The van der Waals surface area contributed by atoms with E-state index in [4.69, 9.17) is 0 Å². The molecule has 0 bridgehead atoms. The first-order valence-electron chi connectivity index (χ1n) is 35.5. The quantitative estimate of drug-likeness (QED) is 0.0535. The molecule has 9 aromatic heterocycles. The van der Waals surface area contributed by atoms with Crippen molar-refractivity contribution in [1.82, 2.24) is 9.80 Å². The smallest absolute Gasteiger partial charge is 0.262 e. The van der Waals surface area contributed by atoms with E-state index in [9.17, 15) is 14.4 Å². The molecule has 0 saturated carbocycles. The Morgan fingerprint density at radius 2 is 0.778 bits per heavy atom. The van der Waals surface area contributed by atoms with Gasteiger partial charge in [-0.15, -0.1) is 102 Å². The maximum absolute atomic E-state index is 15.1. The van der Waals surface area contributed by atoms with Crippen molar-refractivity contribution in [3.63, 3.8) is 0 Å². The van der Waals surface area contributed by atoms with Gasteiger partial charge in [-0.2, -0.15) is 0 Å². The van der Waals surface area contributed by atoms with E-state index in [2.05, 4.69) is 222 Å². The maximum atomic E-state index is 15.1. The van der Waals surface area contributed by atoms with Gasteiger partial charge in [0, 0.05) is 135 Å². The number of carbonyl (C=O) groups excluding carboxylic acids is 4. The van der Waals surface area contributed by atoms with Crippen LogP contribution in [0.25, 0.3) is 84.9 Å². The first-order chi connectivity index (χ1) is 46.7. The molecule has 12 rings (SSSR count). The standard InChI is InChI=1S/C84H98N2O4S9/c1-21-25-27-47(23-3)43-53-35-33-49(91-53)29-31-51-37-39-57(93-51)63-55-45-60(96-69(55)64(56-46-62(97-70(56)63)81(11,12)79(5,6)7)58-40-38-52(94-58)32-30-50-34-36-54(92-50)44-48(24-4)28-26-22-2)72-66-68(78(90)86(20)76(66)88)74(99-72)84(17,18)82(13,14)61-42-41-59(95-61)71-65-67(77(89)85(19)75(65)87)73(98-71)83(15,16)80(8,9)10/h29-42,45-48H,21-28,43-44H2,1-20H3/b31-29+,32-30+. The Balaban J connectivity index is 1.01. The van der Waals surface area contributed by atoms with Crippen LogP contribution in [0.4, 0.5) is 0 Å². The molecule has 0 spiro atoms. The molecular weight excluding hydrogens is 1390 g/mol. The monoisotopic (exact) mass is 1490 g/mol. The van der Waals surface area contributed by atoms with Crippen LogP contribution in [-0.2, 0) is 34.5 Å². The topological polar surface area (TPSA) is 74.8 Å². The molecule has 2 aliphatic rings. The fraction of sp³-hybridized carbons (Fsp3) is 0.452. The molecule has 0 fully saturated rings. The minimum absolute atomic E-state index is 0.0385. The Morgan fingerprint density at radius 3 is 1.23 bits per heavy atom. The van der Waals surface area contributed by atoms with E-state index in [0.717, 1.165) is 64.2 Å². The van der Waals surface area contributed by atoms with Gasteiger partial charge < -0.3 is 0 Å². The Hall–Kier alpha value is -5.20. The van der Waals surface area contributed by atoms with Gasteiger partial charge in [-0.1, -0.05) is 176 Å². The first-order valence-corrected chi connectivity index (χ1v) is 42.9. The number of benzene rings is 1. The summed E-state index contributed by atoms with van der Waals surface area (Å²) in [6.45, 7) is 41.0. The summed E-state index contributed by atoms with van der Waals surface area (Å²) in [7, 11) is 3.22. The van der Waals surface area contributed by atoms with Crippen LogP contribution in [0.15, 0.2) is 72.8 Å². The fourth-order valence-corrected chi connectivity index (χ4v) is 25.2. The summed E-state index contributed by atoms with van der Waals surface area (Å²) in [4.78, 5) is 78.8. The molecule has 11 heterocycles. The van der Waals surface area contributed by atoms with Crippen LogP contribution >= 0.6 is 102 Å². The molecule has 99 heavy (non-hydrogen) atoms. The summed E-state index contributed by atoms with van der Waals surface area (Å²) >= 11 is 16.0. The van der Waals surface area contributed by atoms with Gasteiger partial charge in [0.05, 0.1) is 32.0 Å². The lowest BCUT2D eigenvalue weighted by atomic mass is 9.65. The van der Waals surface area contributed by atoms with E-state index < -0.39 is 16.2 Å². The predicted molar refractivity (Wildman–Crippen MR) is 439 cm³/mol. The van der Waals surface area contributed by atoms with Gasteiger partial charge in [0.1, 0.15) is 0 Å². The van der Waals surface area contributed by atoms with E-state index in [1.54, 1.807) is 59.4 Å². The second-order valence-corrected chi connectivity index (χ2v) is 41.8. The summed E-state index contributed by atoms with van der Waals surface area (Å²) in [6, 6.07) is 27.6. The highest BCUT2D eigenvalue weighted by Crippen LogP contribution is 2.60. The van der Waals surface area contributed by atoms with Crippen LogP contribution < -0.4 is 0 Å². The lowest BCUT2D eigenvalue weighted by molar-refractivity contribution is 0.0676. The van der Waals surface area contributed by atoms with E-state index in [0.29, 0.717) is 22.3 Å². The van der Waals surface area contributed by atoms with Crippen LogP contribution in [0.2, 0.25) is 0 Å². The Bertz CT molecular complexity index is 4640. The predicted octanol–water partition coefficient (Wildman–Crippen LogP) is 27.4. The molecule has 10 aromatic rings. The number of carbonyl (C=O) groups is 4. The molecule has 0 radical (unpaired) electrons. The first kappa shape index (κ1) is 73.5. The van der Waals surface area contributed by atoms with Crippen molar-refractivity contribution >= 4 is 170 Å². The lowest BCUT2D eigenvalue weighted by Gasteiger charge is -2.41. The summed E-state index contributed by atoms with van der Waals surface area (Å²) in [5.41, 5.74) is 2.32. The highest BCUT2D eigenvalue weighted by atomic mass is 32.1. The molecule has 6 nitrogen and oxygen atoms in total. The molecule has 0 aliphatic carbocycles. The van der Waals surface area contributed by atoms with Crippen LogP contribution in [0.1, 0.15) is 266 Å². The second kappa shape index (κ2) is 27.8. The minimum Gasteiger partial charge on any atom is -0.277 e. The van der Waals surface area contributed by atoms with Crippen LogP contribution in [0.3, 0.4) is 0 Å². The molecule has 15 heteroatoms. The van der Waals surface area contributed by atoms with Crippen molar-refractivity contribution in [1.29, 1.82) is 0 Å². The molecule has 0 N–H and O–H groups in total. The molecule has 2 unspecified atom stereocenters. The van der Waals surface area contributed by atoms with Gasteiger partial charge in [-0.25, -0.2) is 0 Å². The number of thiophene rings is 9. The molecular formula is C84H98N2O4S9. The molecule has 2 atom stereocenters. The fourth-order valence-electron chi connectivity index (χ4n) is 13.7. The molecule has 2 aliphatic heterocycles. The Labute approximate surface area is 625 Å². The SMILES string of the molecule is CCCCC(CC)Cc1ccc(/C=C/c2ccc(-c3c4cc(C(C)(C)C(C)(C)C)sc4c(-c4ccc(/C=C/c5ccc(CC(CC)CCCC)s5)s4)c4cc(-c5sc(C(C)(C)C(C)(C)c6ccc(-c7sc(C(C)(C)C(C)(C)C)c8c7C(=O)N(C)C8=O)s6)c6c5C(=O)N(C)C6=O)sc34)s2)s1. The number of rotatable bonds is 25. The van der Waals surface area contributed by atoms with Crippen molar-refractivity contribution in [2.24, 2.45) is 22.7 Å². The van der Waals surface area contributed by atoms with Crippen molar-refractivity contribution < 1.29 is 19.2 Å². The number of fused-ring (bicyclic) bond motifs is 4. The summed E-state index contributed by atoms with van der Waals surface area (Å²) in [5, 5.41) is 2.39. The van der Waals surface area contributed by atoms with Crippen molar-refractivity contribution in [2.75, 3.05) is 14.1 Å². The van der Waals surface area contributed by atoms with Gasteiger partial charge in [0.15, 0.2) is 0 Å². The van der Waals surface area contributed by atoms with Crippen molar-refractivity contribution in [3.05, 3.63) is 144 Å². The Kier molecular flexibility index (Phi) is 20.6. The van der Waals surface area contributed by atoms with Crippen LogP contribution in [0.5, 0.6) is 0 Å². The number of unbranched alkanes of at least 4 members (excludes halogenated alkanes) is 2. The number of hydrogen-bond donors (Lipinski definition) is 0. The molecule has 0 saturated heterocycles. The average Bonchev–Trinajstić information content (AvgIpc) is 1.56. The number of imide groups is 2. The molecule has 1 aromatic carbocycles. The van der Waals surface area contributed by atoms with Crippen LogP contribution in [-0.4, -0.2) is 47.5 Å². The third-order valence-corrected chi connectivity index (χ3v) is 34.8. The zero-order chi connectivity index (χ0) is 71.4. The van der Waals surface area contributed by atoms with Crippen molar-refractivity contribution in [2.45, 2.75) is 210 Å². The molecule has 4 amide bonds. The third-order valence-electron chi connectivity index (χ3n) is 23.1.